The number of hydrogen-bond acceptors (Lipinski definition) is 7. The van der Waals surface area contributed by atoms with Crippen LogP contribution >= 0.6 is 11.3 Å². The smallest absolute Gasteiger partial charge is 0.250 e. The molecule has 0 aliphatic heterocycles. The van der Waals surface area contributed by atoms with Gasteiger partial charge in [-0.25, -0.2) is 0 Å². The van der Waals surface area contributed by atoms with Gasteiger partial charge in [0.15, 0.2) is 11.5 Å². The topological polar surface area (TPSA) is 82.6 Å². The van der Waals surface area contributed by atoms with Gasteiger partial charge in [0, 0.05) is 13.2 Å². The summed E-state index contributed by atoms with van der Waals surface area (Å²) in [4.78, 5) is 12.1. The van der Waals surface area contributed by atoms with E-state index in [9.17, 15) is 4.79 Å². The summed E-state index contributed by atoms with van der Waals surface area (Å²) < 4.78 is 16.4. The lowest BCUT2D eigenvalue weighted by molar-refractivity contribution is -0.111. The van der Waals surface area contributed by atoms with Crippen molar-refractivity contribution in [1.82, 2.24) is 10.2 Å². The van der Waals surface area contributed by atoms with Gasteiger partial charge in [0.25, 0.3) is 0 Å². The summed E-state index contributed by atoms with van der Waals surface area (Å²) in [6.07, 6.45) is 5.22. The summed E-state index contributed by atoms with van der Waals surface area (Å²) in [7, 11) is 1.58. The van der Waals surface area contributed by atoms with E-state index in [1.54, 1.807) is 13.2 Å². The lowest BCUT2D eigenvalue weighted by Crippen LogP contribution is -2.07. The first-order chi connectivity index (χ1) is 13.2. The van der Waals surface area contributed by atoms with Crippen LogP contribution in [0.5, 0.6) is 11.5 Å². The van der Waals surface area contributed by atoms with Crippen molar-refractivity contribution in [3.05, 3.63) is 34.8 Å². The highest BCUT2D eigenvalue weighted by Gasteiger charge is 2.07. The number of nitrogens with one attached hydrogen (secondary N) is 1. The summed E-state index contributed by atoms with van der Waals surface area (Å²) in [5, 5.41) is 11.7. The summed E-state index contributed by atoms with van der Waals surface area (Å²) in [6.45, 7) is 5.60. The molecule has 0 spiro atoms. The monoisotopic (exact) mass is 391 g/mol. The normalized spacial score (nSPS) is 10.9. The Kier molecular flexibility index (Phi) is 8.73. The van der Waals surface area contributed by atoms with Crippen LogP contribution in [0.25, 0.3) is 6.08 Å². The maximum atomic E-state index is 12.1. The Hall–Kier alpha value is -2.45. The van der Waals surface area contributed by atoms with Crippen molar-refractivity contribution < 1.29 is 19.0 Å². The summed E-state index contributed by atoms with van der Waals surface area (Å²) in [5.74, 6) is 1.10. The molecule has 0 unspecified atom stereocenters. The Morgan fingerprint density at radius 2 is 2.07 bits per heavy atom. The first kappa shape index (κ1) is 20.9. The van der Waals surface area contributed by atoms with Gasteiger partial charge >= 0.3 is 0 Å². The highest BCUT2D eigenvalue weighted by atomic mass is 32.1. The van der Waals surface area contributed by atoms with E-state index in [4.69, 9.17) is 14.2 Å². The molecule has 2 rings (SSSR count). The third-order valence-electron chi connectivity index (χ3n) is 3.42. The number of methoxy groups -OCH3 is 1. The SMILES string of the molecule is CCCCOc1ccc(/C=C/C(=O)Nc2nnc(COC)s2)cc1OCC. The van der Waals surface area contributed by atoms with E-state index in [-0.39, 0.29) is 5.91 Å². The fourth-order valence-corrected chi connectivity index (χ4v) is 2.86. The van der Waals surface area contributed by atoms with Crippen molar-refractivity contribution >= 4 is 28.5 Å². The van der Waals surface area contributed by atoms with Crippen molar-refractivity contribution in [2.45, 2.75) is 33.3 Å². The first-order valence-corrected chi connectivity index (χ1v) is 9.68. The van der Waals surface area contributed by atoms with E-state index in [0.717, 1.165) is 18.4 Å². The van der Waals surface area contributed by atoms with Crippen molar-refractivity contribution in [3.63, 3.8) is 0 Å². The van der Waals surface area contributed by atoms with Gasteiger partial charge in [-0.05, 0) is 37.1 Å². The van der Waals surface area contributed by atoms with Gasteiger partial charge in [0.05, 0.1) is 13.2 Å². The largest absolute Gasteiger partial charge is 0.490 e. The number of anilines is 1. The van der Waals surface area contributed by atoms with Gasteiger partial charge < -0.3 is 14.2 Å². The van der Waals surface area contributed by atoms with Crippen molar-refractivity contribution in [1.29, 1.82) is 0 Å². The van der Waals surface area contributed by atoms with Gasteiger partial charge in [-0.1, -0.05) is 30.7 Å². The Morgan fingerprint density at radius 3 is 2.81 bits per heavy atom. The van der Waals surface area contributed by atoms with Crippen LogP contribution in [-0.2, 0) is 16.1 Å². The number of rotatable bonds is 11. The number of carbonyl (C=O) groups excluding carboxylic acids is 1. The van der Waals surface area contributed by atoms with Gasteiger partial charge in [0.1, 0.15) is 11.6 Å². The first-order valence-electron chi connectivity index (χ1n) is 8.86. The molecule has 2 aromatic rings. The zero-order valence-electron chi connectivity index (χ0n) is 15.9. The van der Waals surface area contributed by atoms with Gasteiger partial charge in [-0.3, -0.25) is 10.1 Å². The van der Waals surface area contributed by atoms with E-state index < -0.39 is 0 Å². The minimum Gasteiger partial charge on any atom is -0.490 e. The van der Waals surface area contributed by atoms with Gasteiger partial charge in [0.2, 0.25) is 11.0 Å². The third kappa shape index (κ3) is 6.99. The fraction of sp³-hybridized carbons (Fsp3) is 0.421. The average molecular weight is 391 g/mol. The summed E-state index contributed by atoms with van der Waals surface area (Å²) >= 11 is 1.28. The van der Waals surface area contributed by atoms with E-state index in [1.165, 1.54) is 17.4 Å². The number of carbonyl (C=O) groups is 1. The van der Waals surface area contributed by atoms with Gasteiger partial charge in [-0.15, -0.1) is 10.2 Å². The van der Waals surface area contributed by atoms with Crippen molar-refractivity contribution in [2.24, 2.45) is 0 Å². The van der Waals surface area contributed by atoms with Crippen LogP contribution in [0.15, 0.2) is 24.3 Å². The molecule has 0 saturated heterocycles. The molecule has 1 N–H and O–H groups in total. The molecular weight excluding hydrogens is 366 g/mol. The number of nitrogens with zero attached hydrogens (tertiary/aromatic N) is 2. The lowest BCUT2D eigenvalue weighted by atomic mass is 10.2. The molecule has 0 radical (unpaired) electrons. The Morgan fingerprint density at radius 1 is 1.22 bits per heavy atom. The van der Waals surface area contributed by atoms with Crippen LogP contribution in [-0.4, -0.2) is 36.4 Å². The zero-order valence-corrected chi connectivity index (χ0v) is 16.7. The van der Waals surface area contributed by atoms with Crippen LogP contribution in [0.3, 0.4) is 0 Å². The second-order valence-corrected chi connectivity index (χ2v) is 6.66. The minimum absolute atomic E-state index is 0.281. The molecule has 27 heavy (non-hydrogen) atoms. The fourth-order valence-electron chi connectivity index (χ4n) is 2.15. The summed E-state index contributed by atoms with van der Waals surface area (Å²) in [5.41, 5.74) is 0.841. The maximum Gasteiger partial charge on any atom is 0.250 e. The molecule has 0 saturated carbocycles. The molecule has 0 aliphatic carbocycles. The van der Waals surface area contributed by atoms with Crippen LogP contribution in [0.1, 0.15) is 37.3 Å². The standard InChI is InChI=1S/C19H25N3O4S/c1-4-6-11-26-15-9-7-14(12-16(15)25-5-2)8-10-17(23)20-19-22-21-18(27-19)13-24-3/h7-10,12H,4-6,11,13H2,1-3H3,(H,20,22,23)/b10-8+. The maximum absolute atomic E-state index is 12.1. The zero-order chi connectivity index (χ0) is 19.5. The average Bonchev–Trinajstić information content (AvgIpc) is 3.09. The number of benzene rings is 1. The lowest BCUT2D eigenvalue weighted by Gasteiger charge is -2.12. The molecule has 1 amide bonds. The molecule has 146 valence electrons. The van der Waals surface area contributed by atoms with Crippen LogP contribution < -0.4 is 14.8 Å². The molecule has 8 heteroatoms. The molecule has 0 bridgehead atoms. The molecule has 0 aliphatic rings. The van der Waals surface area contributed by atoms with E-state index >= 15 is 0 Å². The quantitative estimate of drug-likeness (QED) is 0.462. The predicted molar refractivity (Wildman–Crippen MR) is 106 cm³/mol. The molecule has 1 aromatic carbocycles. The molecule has 7 nitrogen and oxygen atoms in total. The Bertz CT molecular complexity index is 761. The van der Waals surface area contributed by atoms with E-state index in [1.807, 2.05) is 25.1 Å². The second-order valence-electron chi connectivity index (χ2n) is 5.60. The minimum atomic E-state index is -0.281. The Labute approximate surface area is 163 Å². The summed E-state index contributed by atoms with van der Waals surface area (Å²) in [6, 6.07) is 5.60. The van der Waals surface area contributed by atoms with Gasteiger partial charge in [-0.2, -0.15) is 0 Å². The third-order valence-corrected chi connectivity index (χ3v) is 4.23. The van der Waals surface area contributed by atoms with E-state index in [0.29, 0.717) is 41.5 Å². The number of hydrogen-bond donors (Lipinski definition) is 1. The van der Waals surface area contributed by atoms with Crippen LogP contribution in [0.4, 0.5) is 5.13 Å². The highest BCUT2D eigenvalue weighted by Crippen LogP contribution is 2.29. The molecule has 1 aromatic heterocycles. The number of ether oxygens (including phenoxy) is 3. The van der Waals surface area contributed by atoms with Crippen LogP contribution in [0, 0.1) is 0 Å². The molecular formula is C19H25N3O4S. The van der Waals surface area contributed by atoms with Crippen molar-refractivity contribution in [2.75, 3.05) is 25.6 Å². The Balaban J connectivity index is 1.99. The molecule has 0 fully saturated rings. The van der Waals surface area contributed by atoms with Crippen molar-refractivity contribution in [3.8, 4) is 11.5 Å². The highest BCUT2D eigenvalue weighted by molar-refractivity contribution is 7.15. The number of amides is 1. The van der Waals surface area contributed by atoms with Crippen LogP contribution in [0.2, 0.25) is 0 Å². The van der Waals surface area contributed by atoms with E-state index in [2.05, 4.69) is 22.4 Å². The number of unbranched alkanes of at least 4 members (excludes halogenated alkanes) is 1. The predicted octanol–water partition coefficient (Wildman–Crippen LogP) is 3.91. The number of aromatic nitrogens is 2. The molecule has 0 atom stereocenters. The molecule has 1 heterocycles. The second kappa shape index (κ2) is 11.3.